The minimum absolute atomic E-state index is 0.0993. The van der Waals surface area contributed by atoms with Crippen molar-refractivity contribution in [1.82, 2.24) is 5.32 Å². The second-order valence-electron chi connectivity index (χ2n) is 3.00. The highest BCUT2D eigenvalue weighted by Crippen LogP contribution is 2.37. The van der Waals surface area contributed by atoms with E-state index < -0.39 is 0 Å². The summed E-state index contributed by atoms with van der Waals surface area (Å²) in [5.74, 6) is 0.903. The first kappa shape index (κ1) is 8.27. The van der Waals surface area contributed by atoms with Gasteiger partial charge in [0.1, 0.15) is 0 Å². The zero-order chi connectivity index (χ0) is 8.43. The average Bonchev–Trinajstić information content (AvgIpc) is 2.61. The lowest BCUT2D eigenvalue weighted by Gasteiger charge is -1.97. The Bertz CT molecular complexity index is 179. The van der Waals surface area contributed by atoms with E-state index in [9.17, 15) is 4.79 Å². The lowest BCUT2D eigenvalue weighted by Crippen LogP contribution is -2.26. The number of carbonyl (C=O) groups excluding carboxylic acids is 1. The van der Waals surface area contributed by atoms with Gasteiger partial charge in [0.25, 0.3) is 0 Å². The summed E-state index contributed by atoms with van der Waals surface area (Å²) in [7, 11) is 0. The van der Waals surface area contributed by atoms with Crippen molar-refractivity contribution in [2.45, 2.75) is 13.0 Å². The van der Waals surface area contributed by atoms with Crippen molar-refractivity contribution in [3.05, 3.63) is 12.7 Å². The number of carbonyl (C=O) groups is 1. The molecule has 0 aromatic rings. The van der Waals surface area contributed by atoms with Crippen LogP contribution in [0.25, 0.3) is 0 Å². The van der Waals surface area contributed by atoms with Crippen LogP contribution in [0.15, 0.2) is 12.7 Å². The number of hydrogen-bond donors (Lipinski definition) is 2. The minimum Gasteiger partial charge on any atom is -0.349 e. The SMILES string of the molecule is C=CC(=O)NC1C(C)C1CN. The van der Waals surface area contributed by atoms with Crippen LogP contribution >= 0.6 is 0 Å². The summed E-state index contributed by atoms with van der Waals surface area (Å²) in [5.41, 5.74) is 5.45. The first-order valence-electron chi connectivity index (χ1n) is 3.83. The smallest absolute Gasteiger partial charge is 0.243 e. The predicted octanol–water partition coefficient (Wildman–Crippen LogP) is -0.118. The largest absolute Gasteiger partial charge is 0.349 e. The van der Waals surface area contributed by atoms with Crippen LogP contribution in [-0.4, -0.2) is 18.5 Å². The molecule has 0 aromatic heterocycles. The Morgan fingerprint density at radius 3 is 2.82 bits per heavy atom. The van der Waals surface area contributed by atoms with Gasteiger partial charge >= 0.3 is 0 Å². The van der Waals surface area contributed by atoms with Gasteiger partial charge in [0.2, 0.25) is 5.91 Å². The fraction of sp³-hybridized carbons (Fsp3) is 0.625. The van der Waals surface area contributed by atoms with Gasteiger partial charge in [0.15, 0.2) is 0 Å². The summed E-state index contributed by atoms with van der Waals surface area (Å²) in [6.07, 6.45) is 1.29. The van der Waals surface area contributed by atoms with Gasteiger partial charge in [-0.2, -0.15) is 0 Å². The molecule has 0 aromatic carbocycles. The molecule has 3 N–H and O–H groups in total. The Kier molecular flexibility index (Phi) is 2.29. The van der Waals surface area contributed by atoms with E-state index in [1.165, 1.54) is 6.08 Å². The first-order chi connectivity index (χ1) is 5.20. The molecule has 3 atom stereocenters. The second-order valence-corrected chi connectivity index (χ2v) is 3.00. The highest BCUT2D eigenvalue weighted by Gasteiger charge is 2.45. The van der Waals surface area contributed by atoms with Gasteiger partial charge < -0.3 is 11.1 Å². The third-order valence-corrected chi connectivity index (χ3v) is 2.33. The van der Waals surface area contributed by atoms with Crippen LogP contribution in [0.1, 0.15) is 6.92 Å². The second kappa shape index (κ2) is 3.05. The molecule has 11 heavy (non-hydrogen) atoms. The lowest BCUT2D eigenvalue weighted by atomic mass is 10.3. The maximum Gasteiger partial charge on any atom is 0.243 e. The Labute approximate surface area is 66.6 Å². The fourth-order valence-corrected chi connectivity index (χ4v) is 1.37. The molecule has 0 spiro atoms. The zero-order valence-electron chi connectivity index (χ0n) is 6.71. The molecule has 3 unspecified atom stereocenters. The summed E-state index contributed by atoms with van der Waals surface area (Å²) in [6.45, 7) is 6.12. The average molecular weight is 154 g/mol. The Morgan fingerprint density at radius 1 is 1.82 bits per heavy atom. The monoisotopic (exact) mass is 154 g/mol. The topological polar surface area (TPSA) is 55.1 Å². The number of nitrogens with one attached hydrogen (secondary N) is 1. The maximum absolute atomic E-state index is 10.8. The zero-order valence-corrected chi connectivity index (χ0v) is 6.71. The van der Waals surface area contributed by atoms with Crippen molar-refractivity contribution < 1.29 is 4.79 Å². The summed E-state index contributed by atoms with van der Waals surface area (Å²) in [4.78, 5) is 10.8. The quantitative estimate of drug-likeness (QED) is 0.557. The van der Waals surface area contributed by atoms with Gasteiger partial charge in [-0.05, 0) is 24.5 Å². The molecule has 1 fully saturated rings. The van der Waals surface area contributed by atoms with Gasteiger partial charge in [-0.25, -0.2) is 0 Å². The van der Waals surface area contributed by atoms with Crippen molar-refractivity contribution >= 4 is 5.91 Å². The molecule has 1 aliphatic carbocycles. The third kappa shape index (κ3) is 1.60. The van der Waals surface area contributed by atoms with Gasteiger partial charge in [-0.1, -0.05) is 13.5 Å². The number of nitrogens with two attached hydrogens (primary N) is 1. The van der Waals surface area contributed by atoms with Crippen LogP contribution in [0.4, 0.5) is 0 Å². The van der Waals surface area contributed by atoms with Gasteiger partial charge in [-0.15, -0.1) is 0 Å². The summed E-state index contributed by atoms with van der Waals surface area (Å²) in [6, 6.07) is 0.283. The summed E-state index contributed by atoms with van der Waals surface area (Å²) in [5, 5.41) is 2.82. The van der Waals surface area contributed by atoms with E-state index in [1.54, 1.807) is 0 Å². The number of hydrogen-bond acceptors (Lipinski definition) is 2. The normalized spacial score (nSPS) is 34.5. The van der Waals surface area contributed by atoms with E-state index in [2.05, 4.69) is 18.8 Å². The maximum atomic E-state index is 10.8. The van der Waals surface area contributed by atoms with Crippen molar-refractivity contribution in [3.63, 3.8) is 0 Å². The molecule has 0 radical (unpaired) electrons. The van der Waals surface area contributed by atoms with Crippen molar-refractivity contribution in [3.8, 4) is 0 Å². The summed E-state index contributed by atoms with van der Waals surface area (Å²) < 4.78 is 0. The molecule has 3 heteroatoms. The van der Waals surface area contributed by atoms with Crippen molar-refractivity contribution in [1.29, 1.82) is 0 Å². The van der Waals surface area contributed by atoms with Crippen LogP contribution in [-0.2, 0) is 4.79 Å². The Balaban J connectivity index is 2.30. The molecular weight excluding hydrogens is 140 g/mol. The van der Waals surface area contributed by atoms with Crippen LogP contribution in [0.2, 0.25) is 0 Å². The molecule has 1 aliphatic rings. The standard InChI is InChI=1S/C8H14N2O/c1-3-7(11)10-8-5(2)6(8)4-9/h3,5-6,8H,1,4,9H2,2H3,(H,10,11). The van der Waals surface area contributed by atoms with Crippen molar-refractivity contribution in [2.24, 2.45) is 17.6 Å². The third-order valence-electron chi connectivity index (χ3n) is 2.33. The van der Waals surface area contributed by atoms with Crippen LogP contribution < -0.4 is 11.1 Å². The molecule has 0 heterocycles. The van der Waals surface area contributed by atoms with E-state index in [4.69, 9.17) is 5.73 Å². The van der Waals surface area contributed by atoms with Crippen LogP contribution in [0.3, 0.4) is 0 Å². The lowest BCUT2D eigenvalue weighted by molar-refractivity contribution is -0.116. The molecule has 1 saturated carbocycles. The van der Waals surface area contributed by atoms with Crippen LogP contribution in [0.5, 0.6) is 0 Å². The van der Waals surface area contributed by atoms with E-state index in [1.807, 2.05) is 0 Å². The van der Waals surface area contributed by atoms with Crippen LogP contribution in [0, 0.1) is 11.8 Å². The molecule has 0 bridgehead atoms. The summed E-state index contributed by atoms with van der Waals surface area (Å²) >= 11 is 0. The Morgan fingerprint density at radius 2 is 2.45 bits per heavy atom. The van der Waals surface area contributed by atoms with E-state index in [-0.39, 0.29) is 11.9 Å². The predicted molar refractivity (Wildman–Crippen MR) is 43.8 cm³/mol. The van der Waals surface area contributed by atoms with Gasteiger partial charge in [0.05, 0.1) is 0 Å². The highest BCUT2D eigenvalue weighted by molar-refractivity contribution is 5.87. The number of amides is 1. The molecule has 1 amide bonds. The molecular formula is C8H14N2O. The molecule has 0 saturated heterocycles. The fourth-order valence-electron chi connectivity index (χ4n) is 1.37. The highest BCUT2D eigenvalue weighted by atomic mass is 16.1. The molecule has 62 valence electrons. The first-order valence-corrected chi connectivity index (χ1v) is 3.83. The molecule has 3 nitrogen and oxygen atoms in total. The minimum atomic E-state index is -0.0993. The molecule has 1 rings (SSSR count). The van der Waals surface area contributed by atoms with Gasteiger partial charge in [0, 0.05) is 6.04 Å². The van der Waals surface area contributed by atoms with E-state index >= 15 is 0 Å². The van der Waals surface area contributed by atoms with E-state index in [0.29, 0.717) is 18.4 Å². The van der Waals surface area contributed by atoms with Crippen molar-refractivity contribution in [2.75, 3.05) is 6.54 Å². The van der Waals surface area contributed by atoms with Gasteiger partial charge in [-0.3, -0.25) is 4.79 Å². The number of rotatable bonds is 3. The Hall–Kier alpha value is -0.830. The van der Waals surface area contributed by atoms with E-state index in [0.717, 1.165) is 0 Å². The molecule has 0 aliphatic heterocycles.